The summed E-state index contributed by atoms with van der Waals surface area (Å²) in [6, 6.07) is 6.66. The lowest BCUT2D eigenvalue weighted by molar-refractivity contribution is -0.139. The summed E-state index contributed by atoms with van der Waals surface area (Å²) >= 11 is 0. The van der Waals surface area contributed by atoms with Crippen molar-refractivity contribution in [1.29, 1.82) is 0 Å². The maximum Gasteiger partial charge on any atom is 0.305 e. The fraction of sp³-hybridized carbons (Fsp3) is 0.522. The van der Waals surface area contributed by atoms with E-state index in [0.717, 1.165) is 16.7 Å². The average Bonchev–Trinajstić information content (AvgIpc) is 2.99. The zero-order valence-electron chi connectivity index (χ0n) is 17.6. The highest BCUT2D eigenvalue weighted by Gasteiger charge is 2.22. The molecule has 0 fully saturated rings. The monoisotopic (exact) mass is 405 g/mol. The second kappa shape index (κ2) is 10.0. The third kappa shape index (κ3) is 6.15. The molecule has 0 aliphatic heterocycles. The molecule has 2 aromatic rings. The van der Waals surface area contributed by atoms with Gasteiger partial charge in [0.1, 0.15) is 5.82 Å². The van der Waals surface area contributed by atoms with Crippen LogP contribution in [0.1, 0.15) is 70.2 Å². The number of carboxylic acid groups (broad SMARTS) is 1. The van der Waals surface area contributed by atoms with E-state index < -0.39 is 18.2 Å². The Morgan fingerprint density at radius 2 is 1.69 bits per heavy atom. The molecule has 6 heteroatoms. The molecule has 0 aliphatic carbocycles. The quantitative estimate of drug-likeness (QED) is 0.543. The number of aliphatic carboxylic acids is 1. The molecule has 0 bridgehead atoms. The second-order valence-corrected chi connectivity index (χ2v) is 8.25. The minimum atomic E-state index is -1.08. The van der Waals surface area contributed by atoms with Crippen molar-refractivity contribution in [1.82, 2.24) is 4.57 Å². The van der Waals surface area contributed by atoms with E-state index in [1.807, 2.05) is 0 Å². The first-order chi connectivity index (χ1) is 13.6. The summed E-state index contributed by atoms with van der Waals surface area (Å²) in [4.78, 5) is 10.7. The van der Waals surface area contributed by atoms with Crippen LogP contribution in [0.5, 0.6) is 0 Å². The molecule has 1 heterocycles. The van der Waals surface area contributed by atoms with Crippen molar-refractivity contribution in [2.24, 2.45) is 0 Å². The number of carboxylic acids is 1. The predicted molar refractivity (Wildman–Crippen MR) is 112 cm³/mol. The van der Waals surface area contributed by atoms with Crippen molar-refractivity contribution < 1.29 is 24.5 Å². The second-order valence-electron chi connectivity index (χ2n) is 8.25. The van der Waals surface area contributed by atoms with Crippen LogP contribution in [0.15, 0.2) is 30.5 Å². The summed E-state index contributed by atoms with van der Waals surface area (Å²) < 4.78 is 15.6. The van der Waals surface area contributed by atoms with E-state index in [-0.39, 0.29) is 30.6 Å². The summed E-state index contributed by atoms with van der Waals surface area (Å²) in [6.07, 6.45) is 0.873. The lowest BCUT2D eigenvalue weighted by atomic mass is 9.93. The van der Waals surface area contributed by atoms with Gasteiger partial charge in [0.2, 0.25) is 0 Å². The van der Waals surface area contributed by atoms with Crippen LogP contribution in [0.25, 0.3) is 11.1 Å². The maximum atomic E-state index is 13.4. The molecule has 0 saturated carbocycles. The normalized spacial score (nSPS) is 13.8. The number of hydrogen-bond donors (Lipinski definition) is 3. The highest BCUT2D eigenvalue weighted by atomic mass is 19.1. The van der Waals surface area contributed by atoms with E-state index in [0.29, 0.717) is 12.8 Å². The molecule has 1 aromatic heterocycles. The molecule has 2 rings (SSSR count). The van der Waals surface area contributed by atoms with E-state index in [1.54, 1.807) is 12.1 Å². The SMILES string of the molecule is CC(C)c1c(CC[C@@H](O)C[C@@H](O)CC(=O)O)c(-c2ccc(F)cc2)cn1C(C)C. The van der Waals surface area contributed by atoms with Gasteiger partial charge in [-0.15, -0.1) is 0 Å². The van der Waals surface area contributed by atoms with Gasteiger partial charge in [-0.3, -0.25) is 4.79 Å². The number of rotatable bonds is 10. The number of nitrogens with zero attached hydrogens (tertiary/aromatic N) is 1. The fourth-order valence-electron chi connectivity index (χ4n) is 3.82. The predicted octanol–water partition coefficient (Wildman–Crippen LogP) is 4.52. The number of hydrogen-bond acceptors (Lipinski definition) is 3. The van der Waals surface area contributed by atoms with E-state index in [1.165, 1.54) is 17.8 Å². The molecule has 3 N–H and O–H groups in total. The van der Waals surface area contributed by atoms with Gasteiger partial charge in [-0.05, 0) is 62.3 Å². The van der Waals surface area contributed by atoms with Crippen molar-refractivity contribution in [2.75, 3.05) is 0 Å². The lowest BCUT2D eigenvalue weighted by Crippen LogP contribution is -2.21. The Labute approximate surface area is 171 Å². The molecular formula is C23H32FNO4. The molecule has 0 amide bonds. The van der Waals surface area contributed by atoms with Crippen molar-refractivity contribution in [3.63, 3.8) is 0 Å². The highest BCUT2D eigenvalue weighted by molar-refractivity contribution is 5.69. The van der Waals surface area contributed by atoms with Crippen LogP contribution < -0.4 is 0 Å². The van der Waals surface area contributed by atoms with Crippen LogP contribution in [0.3, 0.4) is 0 Å². The number of carbonyl (C=O) groups is 1. The number of aliphatic hydroxyl groups excluding tert-OH is 2. The topological polar surface area (TPSA) is 82.7 Å². The molecule has 0 unspecified atom stereocenters. The fourth-order valence-corrected chi connectivity index (χ4v) is 3.82. The van der Waals surface area contributed by atoms with Gasteiger partial charge in [-0.1, -0.05) is 26.0 Å². The molecule has 1 aromatic carbocycles. The molecule has 2 atom stereocenters. The summed E-state index contributed by atoms with van der Waals surface area (Å²) in [7, 11) is 0. The van der Waals surface area contributed by atoms with Gasteiger partial charge in [0.05, 0.1) is 18.6 Å². The Balaban J connectivity index is 2.32. The molecule has 0 aliphatic rings. The van der Waals surface area contributed by atoms with Crippen molar-refractivity contribution >= 4 is 5.97 Å². The van der Waals surface area contributed by atoms with E-state index in [9.17, 15) is 19.4 Å². The molecule has 0 saturated heterocycles. The third-order valence-corrected chi connectivity index (χ3v) is 5.12. The smallest absolute Gasteiger partial charge is 0.305 e. The maximum absolute atomic E-state index is 13.4. The van der Waals surface area contributed by atoms with Crippen molar-refractivity contribution in [3.05, 3.63) is 47.5 Å². The van der Waals surface area contributed by atoms with Gasteiger partial charge in [0, 0.05) is 23.5 Å². The van der Waals surface area contributed by atoms with E-state index >= 15 is 0 Å². The zero-order valence-corrected chi connectivity index (χ0v) is 17.6. The standard InChI is InChI=1S/C23H32FNO4/c1-14(2)23-20(10-9-18(26)11-19(27)12-22(28)29)21(13-25(23)15(3)4)16-5-7-17(24)8-6-16/h5-8,13-15,18-19,26-27H,9-12H2,1-4H3,(H,28,29)/t18-,19-/m1/s1. The first-order valence-electron chi connectivity index (χ1n) is 10.2. The Morgan fingerprint density at radius 1 is 1.07 bits per heavy atom. The Morgan fingerprint density at radius 3 is 2.21 bits per heavy atom. The highest BCUT2D eigenvalue weighted by Crippen LogP contribution is 2.35. The molecule has 29 heavy (non-hydrogen) atoms. The minimum Gasteiger partial charge on any atom is -0.481 e. The Bertz CT molecular complexity index is 811. The van der Waals surface area contributed by atoms with Crippen LogP contribution in [0.2, 0.25) is 0 Å². The molecule has 160 valence electrons. The van der Waals surface area contributed by atoms with Gasteiger partial charge < -0.3 is 19.9 Å². The first-order valence-corrected chi connectivity index (χ1v) is 10.2. The molecule has 0 radical (unpaired) electrons. The van der Waals surface area contributed by atoms with Crippen molar-refractivity contribution in [3.8, 4) is 11.1 Å². The van der Waals surface area contributed by atoms with Gasteiger partial charge in [0.25, 0.3) is 0 Å². The third-order valence-electron chi connectivity index (χ3n) is 5.12. The van der Waals surface area contributed by atoms with Crippen LogP contribution in [-0.4, -0.2) is 38.1 Å². The Kier molecular flexibility index (Phi) is 7.99. The number of halogens is 1. The summed E-state index contributed by atoms with van der Waals surface area (Å²) in [5, 5.41) is 28.9. The minimum absolute atomic E-state index is 0.0279. The number of benzene rings is 1. The summed E-state index contributed by atoms with van der Waals surface area (Å²) in [5.74, 6) is -1.11. The van der Waals surface area contributed by atoms with E-state index in [2.05, 4.69) is 38.5 Å². The zero-order chi connectivity index (χ0) is 21.7. The van der Waals surface area contributed by atoms with Crippen molar-refractivity contribution in [2.45, 2.75) is 77.5 Å². The van der Waals surface area contributed by atoms with Gasteiger partial charge >= 0.3 is 5.97 Å². The van der Waals surface area contributed by atoms with Gasteiger partial charge in [-0.25, -0.2) is 4.39 Å². The number of aliphatic hydroxyl groups is 2. The molecule has 0 spiro atoms. The van der Waals surface area contributed by atoms with E-state index in [4.69, 9.17) is 5.11 Å². The molecule has 5 nitrogen and oxygen atoms in total. The molecular weight excluding hydrogens is 373 g/mol. The summed E-state index contributed by atoms with van der Waals surface area (Å²) in [6.45, 7) is 8.47. The number of aromatic nitrogens is 1. The van der Waals surface area contributed by atoms with Crippen LogP contribution in [0.4, 0.5) is 4.39 Å². The Hall–Kier alpha value is -2.18. The lowest BCUT2D eigenvalue weighted by Gasteiger charge is -2.19. The average molecular weight is 406 g/mol. The largest absolute Gasteiger partial charge is 0.481 e. The van der Waals surface area contributed by atoms with Crippen LogP contribution in [-0.2, 0) is 11.2 Å². The van der Waals surface area contributed by atoms with Gasteiger partial charge in [-0.2, -0.15) is 0 Å². The first kappa shape index (κ1) is 23.1. The summed E-state index contributed by atoms with van der Waals surface area (Å²) in [5.41, 5.74) is 4.22. The van der Waals surface area contributed by atoms with Crippen LogP contribution >= 0.6 is 0 Å². The van der Waals surface area contributed by atoms with Crippen LogP contribution in [0, 0.1) is 5.82 Å². The van der Waals surface area contributed by atoms with Gasteiger partial charge in [0.15, 0.2) is 0 Å².